The van der Waals surface area contributed by atoms with E-state index < -0.39 is 69.6 Å². The van der Waals surface area contributed by atoms with Gasteiger partial charge in [-0.2, -0.15) is 0 Å². The Hall–Kier alpha value is -5.08. The SMILES string of the molecule is CC(C)(O/N=C(\C(=O)N[C@@H]1C(=O)N2C(C(=O)O)=C(C[N+]3(C)[C@@H]4CC[C@H]3CC(NC(=O)c3ccc(O)c(O)c3O)C4)CS[C@H]12)c1csc(N)n1)C(=O)O. The Morgan fingerprint density at radius 2 is 1.77 bits per heavy atom. The number of aliphatic carboxylic acids is 2. The third kappa shape index (κ3) is 6.45. The molecular weight excluding hydrogens is 723 g/mol. The van der Waals surface area contributed by atoms with E-state index in [9.17, 15) is 49.5 Å². The Morgan fingerprint density at radius 1 is 1.10 bits per heavy atom. The zero-order valence-electron chi connectivity index (χ0n) is 28.2. The number of nitrogen functional groups attached to an aromatic ring is 1. The van der Waals surface area contributed by atoms with Crippen LogP contribution in [0.15, 0.2) is 33.9 Å². The number of nitrogens with zero attached hydrogens (tertiary/aromatic N) is 4. The lowest BCUT2D eigenvalue weighted by atomic mass is 9.92. The number of carboxylic acid groups (broad SMARTS) is 2. The quantitative estimate of drug-likeness (QED) is 0.0516. The molecule has 0 aliphatic carbocycles. The van der Waals surface area contributed by atoms with E-state index in [4.69, 9.17) is 10.6 Å². The summed E-state index contributed by atoms with van der Waals surface area (Å²) in [5.74, 6) is -6.51. The molecule has 4 aliphatic heterocycles. The molecular formula is C32H38N7O11S2+. The number of rotatable bonds is 11. The van der Waals surface area contributed by atoms with Crippen molar-refractivity contribution in [1.82, 2.24) is 20.5 Å². The summed E-state index contributed by atoms with van der Waals surface area (Å²) in [7, 11) is 2.05. The van der Waals surface area contributed by atoms with Crippen molar-refractivity contribution in [2.45, 2.75) is 74.7 Å². The smallest absolute Gasteiger partial charge is 0.352 e. The molecule has 2 unspecified atom stereocenters. The molecule has 18 nitrogen and oxygen atoms in total. The Labute approximate surface area is 304 Å². The predicted octanol–water partition coefficient (Wildman–Crippen LogP) is 0.735. The maximum atomic E-state index is 13.5. The van der Waals surface area contributed by atoms with Crippen molar-refractivity contribution in [2.75, 3.05) is 25.1 Å². The maximum absolute atomic E-state index is 13.5. The van der Waals surface area contributed by atoms with Crippen LogP contribution in [0.2, 0.25) is 0 Å². The first-order chi connectivity index (χ1) is 24.4. The molecule has 5 heterocycles. The maximum Gasteiger partial charge on any atom is 0.352 e. The van der Waals surface area contributed by atoms with Gasteiger partial charge in [0.25, 0.3) is 17.7 Å². The van der Waals surface area contributed by atoms with Crippen LogP contribution >= 0.6 is 23.1 Å². The average molecular weight is 761 g/mol. The fourth-order valence-electron chi connectivity index (χ4n) is 7.36. The molecule has 0 saturated carbocycles. The highest BCUT2D eigenvalue weighted by molar-refractivity contribution is 8.00. The van der Waals surface area contributed by atoms with Gasteiger partial charge in [-0.1, -0.05) is 5.16 Å². The number of anilines is 1. The van der Waals surface area contributed by atoms with Gasteiger partial charge in [-0.25, -0.2) is 14.6 Å². The number of thiazole rings is 1. The van der Waals surface area contributed by atoms with E-state index in [-0.39, 0.29) is 46.0 Å². The fourth-order valence-corrected chi connectivity index (χ4v) is 9.24. The number of phenolic OH excluding ortho intramolecular Hbond substituents is 3. The number of benzene rings is 1. The molecule has 52 heavy (non-hydrogen) atoms. The zero-order chi connectivity index (χ0) is 37.9. The number of fused-ring (bicyclic) bond motifs is 3. The summed E-state index contributed by atoms with van der Waals surface area (Å²) in [6.07, 6.45) is 2.83. The van der Waals surface area contributed by atoms with Crippen molar-refractivity contribution in [2.24, 2.45) is 5.16 Å². The summed E-state index contributed by atoms with van der Waals surface area (Å²) in [5, 5.41) is 59.5. The first-order valence-electron chi connectivity index (χ1n) is 16.2. The van der Waals surface area contributed by atoms with Gasteiger partial charge in [-0.3, -0.25) is 19.3 Å². The van der Waals surface area contributed by atoms with Gasteiger partial charge in [-0.15, -0.1) is 23.1 Å². The van der Waals surface area contributed by atoms with Crippen LogP contribution in [0.1, 0.15) is 55.6 Å². The molecule has 6 atom stereocenters. The molecule has 9 N–H and O–H groups in total. The highest BCUT2D eigenvalue weighted by Gasteiger charge is 2.57. The third-order valence-electron chi connectivity index (χ3n) is 10.3. The number of thioether (sulfide) groups is 1. The van der Waals surface area contributed by atoms with Gasteiger partial charge in [-0.05, 0) is 26.0 Å². The topological polar surface area (TPSA) is 274 Å². The second kappa shape index (κ2) is 13.5. The van der Waals surface area contributed by atoms with Crippen LogP contribution in [0.3, 0.4) is 0 Å². The van der Waals surface area contributed by atoms with Crippen molar-refractivity contribution >= 4 is 63.6 Å². The molecule has 1 aromatic carbocycles. The third-order valence-corrected chi connectivity index (χ3v) is 12.3. The molecule has 3 fully saturated rings. The van der Waals surface area contributed by atoms with Crippen LogP contribution in [0.25, 0.3) is 0 Å². The summed E-state index contributed by atoms with van der Waals surface area (Å²) in [5.41, 5.74) is 3.80. The number of hydrogen-bond donors (Lipinski definition) is 8. The Bertz CT molecular complexity index is 1910. The standard InChI is InChI=1S/C32H37N7O11S2/c1-32(2,30(48)49)50-37-20(18-12-52-31(33)35-18)26(44)36-21-27(45)38-22(29(46)47)13(11-51-28(21)38)10-39(3)15-4-5-16(39)9-14(8-15)34-25(43)17-6-7-19(40)24(42)23(17)41/h6-7,12,14-16,21,28H,4-5,8-11H2,1-3H3,(H8-,33,34,35,36,37,40,41,42,43,44,46,47,48,49)/p+1/t14?,15-,16+,21-,28-,39?/m1/s1. The van der Waals surface area contributed by atoms with Gasteiger partial charge in [0.1, 0.15) is 29.4 Å². The van der Waals surface area contributed by atoms with Gasteiger partial charge in [0.05, 0.1) is 24.7 Å². The van der Waals surface area contributed by atoms with E-state index in [2.05, 4.69) is 20.8 Å². The molecule has 0 spiro atoms. The normalized spacial score (nSPS) is 27.1. The van der Waals surface area contributed by atoms with Crippen molar-refractivity contribution < 1.29 is 58.8 Å². The van der Waals surface area contributed by atoms with E-state index in [1.165, 1.54) is 42.0 Å². The summed E-state index contributed by atoms with van der Waals surface area (Å²) in [4.78, 5) is 74.5. The fraction of sp³-hybridized carbons (Fsp3) is 0.469. The lowest BCUT2D eigenvalue weighted by Crippen LogP contribution is -2.71. The van der Waals surface area contributed by atoms with E-state index in [1.807, 2.05) is 7.05 Å². The lowest BCUT2D eigenvalue weighted by molar-refractivity contribution is -0.944. The van der Waals surface area contributed by atoms with Crippen molar-refractivity contribution in [3.63, 3.8) is 0 Å². The molecule has 20 heteroatoms. The number of piperidine rings is 1. The summed E-state index contributed by atoms with van der Waals surface area (Å²) >= 11 is 2.32. The number of amides is 3. The van der Waals surface area contributed by atoms with E-state index in [1.54, 1.807) is 0 Å². The predicted molar refractivity (Wildman–Crippen MR) is 185 cm³/mol. The van der Waals surface area contributed by atoms with E-state index in [0.717, 1.165) is 30.2 Å². The largest absolute Gasteiger partial charge is 0.504 e. The number of aromatic nitrogens is 1. The number of quaternary nitrogens is 1. The van der Waals surface area contributed by atoms with Gasteiger partial charge in [0.2, 0.25) is 11.4 Å². The number of carbonyl (C=O) groups is 5. The van der Waals surface area contributed by atoms with Crippen LogP contribution < -0.4 is 16.4 Å². The van der Waals surface area contributed by atoms with Gasteiger partial charge < -0.3 is 51.2 Å². The number of carboxylic acids is 2. The van der Waals surface area contributed by atoms with Gasteiger partial charge >= 0.3 is 11.9 Å². The van der Waals surface area contributed by atoms with Gasteiger partial charge in [0, 0.05) is 48.4 Å². The monoisotopic (exact) mass is 760 g/mol. The number of carbonyl (C=O) groups excluding carboxylic acids is 3. The second-order valence-electron chi connectivity index (χ2n) is 13.9. The number of likely N-dealkylation sites (N-methyl/N-ethyl adjacent to an activating group) is 1. The number of nitrogens with two attached hydrogens (primary N) is 1. The molecule has 0 radical (unpaired) electrons. The van der Waals surface area contributed by atoms with Crippen LogP contribution in [-0.4, -0.2) is 130 Å². The number of oxime groups is 1. The highest BCUT2D eigenvalue weighted by Crippen LogP contribution is 2.46. The highest BCUT2D eigenvalue weighted by atomic mass is 32.2. The molecule has 2 bridgehead atoms. The minimum atomic E-state index is -1.79. The first-order valence-corrected chi connectivity index (χ1v) is 18.2. The van der Waals surface area contributed by atoms with Gasteiger partial charge in [0.15, 0.2) is 22.3 Å². The van der Waals surface area contributed by atoms with Crippen LogP contribution in [0.4, 0.5) is 5.13 Å². The summed E-state index contributed by atoms with van der Waals surface area (Å²) in [6, 6.07) is 1.09. The van der Waals surface area contributed by atoms with E-state index in [0.29, 0.717) is 29.4 Å². The van der Waals surface area contributed by atoms with Crippen LogP contribution in [0, 0.1) is 0 Å². The Balaban J connectivity index is 1.16. The molecule has 278 valence electrons. The van der Waals surface area contributed by atoms with Crippen LogP contribution in [0.5, 0.6) is 17.2 Å². The summed E-state index contributed by atoms with van der Waals surface area (Å²) in [6.45, 7) is 2.82. The minimum Gasteiger partial charge on any atom is -0.504 e. The molecule has 4 aliphatic rings. The number of nitrogens with one attached hydrogen (secondary N) is 2. The number of hydrogen-bond acceptors (Lipinski definition) is 14. The summed E-state index contributed by atoms with van der Waals surface area (Å²) < 4.78 is 0.514. The van der Waals surface area contributed by atoms with Crippen LogP contribution in [-0.2, 0) is 24.0 Å². The van der Waals surface area contributed by atoms with Crippen molar-refractivity contribution in [3.8, 4) is 17.2 Å². The molecule has 3 amide bonds. The zero-order valence-corrected chi connectivity index (χ0v) is 29.9. The number of phenols is 3. The number of β-lactam (4-membered cyclic amide) rings is 1. The van der Waals surface area contributed by atoms with Crippen molar-refractivity contribution in [1.29, 1.82) is 0 Å². The van der Waals surface area contributed by atoms with Crippen molar-refractivity contribution in [3.05, 3.63) is 40.0 Å². The Morgan fingerprint density at radius 3 is 2.37 bits per heavy atom. The molecule has 3 saturated heterocycles. The lowest BCUT2D eigenvalue weighted by Gasteiger charge is -2.52. The van der Waals surface area contributed by atoms with E-state index >= 15 is 0 Å². The molecule has 6 rings (SSSR count). The second-order valence-corrected chi connectivity index (χ2v) is 15.9. The number of aromatic hydroxyl groups is 3. The molecule has 2 aromatic rings. The Kier molecular flexibility index (Phi) is 9.51. The minimum absolute atomic E-state index is 0.00208. The first kappa shape index (κ1) is 36.7. The average Bonchev–Trinajstić information content (AvgIpc) is 3.54. The molecule has 1 aromatic heterocycles.